The molecular weight excluding hydrogens is 516 g/mol. The lowest BCUT2D eigenvalue weighted by Gasteiger charge is -2.29. The molecular formula is C29H30N4O5S. The molecule has 3 N–H and O–H groups in total. The number of ether oxygens (including phenoxy) is 2. The van der Waals surface area contributed by atoms with E-state index in [1.807, 2.05) is 30.3 Å². The number of carbonyl (C=O) groups excluding carboxylic acids is 1. The highest BCUT2D eigenvalue weighted by molar-refractivity contribution is 7.16. The van der Waals surface area contributed by atoms with E-state index in [2.05, 4.69) is 20.6 Å². The van der Waals surface area contributed by atoms with Gasteiger partial charge in [0.2, 0.25) is 0 Å². The van der Waals surface area contributed by atoms with E-state index in [9.17, 15) is 14.7 Å². The van der Waals surface area contributed by atoms with E-state index in [4.69, 9.17) is 9.47 Å². The van der Waals surface area contributed by atoms with Crippen LogP contribution in [0.2, 0.25) is 0 Å². The number of fused-ring (bicyclic) bond motifs is 2. The standard InChI is InChI=1S/C29H30N4O5S/c1-15-23(17-6-9-21-20(12-17)30-10-11-37-21)24(26(28(35)36)38-29(3,4)5)16(2)32-25(15)27(34)33-18-7-8-19-22(13-18)39-14-31-19/h6-9,12-14,26,30H,10-11H2,1-5H3,(H,33,34)(H,35,36)/t26-/m0/s1. The van der Waals surface area contributed by atoms with Gasteiger partial charge in [0.05, 0.1) is 27.0 Å². The smallest absolute Gasteiger partial charge is 0.337 e. The Balaban J connectivity index is 1.65. The fraction of sp³-hybridized carbons (Fsp3) is 0.310. The monoisotopic (exact) mass is 546 g/mol. The highest BCUT2D eigenvalue weighted by Crippen LogP contribution is 2.41. The summed E-state index contributed by atoms with van der Waals surface area (Å²) in [6.45, 7) is 10.1. The Morgan fingerprint density at radius 1 is 1.18 bits per heavy atom. The van der Waals surface area contributed by atoms with Gasteiger partial charge in [-0.05, 0) is 81.6 Å². The van der Waals surface area contributed by atoms with Gasteiger partial charge in [-0.1, -0.05) is 6.07 Å². The minimum Gasteiger partial charge on any atom is -0.490 e. The number of nitrogens with one attached hydrogen (secondary N) is 2. The second kappa shape index (κ2) is 10.3. The predicted molar refractivity (Wildman–Crippen MR) is 152 cm³/mol. The number of aryl methyl sites for hydroxylation is 1. The molecule has 0 radical (unpaired) electrons. The second-order valence-electron chi connectivity index (χ2n) is 10.4. The molecule has 10 heteroatoms. The normalized spacial score (nSPS) is 13.8. The number of benzene rings is 2. The van der Waals surface area contributed by atoms with Crippen molar-refractivity contribution in [2.75, 3.05) is 23.8 Å². The van der Waals surface area contributed by atoms with Gasteiger partial charge in [0.1, 0.15) is 18.1 Å². The SMILES string of the molecule is Cc1nc(C(=O)Nc2ccc3ncsc3c2)c(C)c(-c2ccc3c(c2)NCCO3)c1[C@H](OC(C)(C)C)C(=O)O. The Morgan fingerprint density at radius 3 is 2.72 bits per heavy atom. The minimum atomic E-state index is -1.29. The van der Waals surface area contributed by atoms with Gasteiger partial charge in [-0.2, -0.15) is 0 Å². The molecule has 0 fully saturated rings. The summed E-state index contributed by atoms with van der Waals surface area (Å²) in [6.07, 6.45) is -1.29. The zero-order valence-corrected chi connectivity index (χ0v) is 23.2. The van der Waals surface area contributed by atoms with E-state index in [1.54, 1.807) is 46.2 Å². The predicted octanol–water partition coefficient (Wildman–Crippen LogP) is 5.97. The number of amides is 1. The maximum absolute atomic E-state index is 13.6. The van der Waals surface area contributed by atoms with Crippen LogP contribution in [-0.4, -0.2) is 45.7 Å². The van der Waals surface area contributed by atoms with E-state index in [0.29, 0.717) is 47.0 Å². The molecule has 2 aromatic carbocycles. The summed E-state index contributed by atoms with van der Waals surface area (Å²) in [6, 6.07) is 11.1. The van der Waals surface area contributed by atoms with Crippen LogP contribution in [0, 0.1) is 13.8 Å². The molecule has 2 aromatic heterocycles. The number of aliphatic carboxylic acids is 1. The summed E-state index contributed by atoms with van der Waals surface area (Å²) in [4.78, 5) is 35.0. The molecule has 0 saturated heterocycles. The van der Waals surface area contributed by atoms with Crippen LogP contribution in [0.1, 0.15) is 54.2 Å². The average molecular weight is 547 g/mol. The Labute approximate surface area is 230 Å². The third-order valence-corrected chi connectivity index (χ3v) is 7.17. The van der Waals surface area contributed by atoms with Crippen LogP contribution in [0.5, 0.6) is 5.75 Å². The van der Waals surface area contributed by atoms with Gasteiger partial charge >= 0.3 is 5.97 Å². The Hall–Kier alpha value is -4.02. The Kier molecular flexibility index (Phi) is 7.00. The van der Waals surface area contributed by atoms with Gasteiger partial charge in [-0.25, -0.2) is 14.8 Å². The topological polar surface area (TPSA) is 123 Å². The van der Waals surface area contributed by atoms with Crippen molar-refractivity contribution in [3.05, 3.63) is 64.4 Å². The van der Waals surface area contributed by atoms with E-state index >= 15 is 0 Å². The number of thiazole rings is 1. The Bertz CT molecular complexity index is 1590. The van der Waals surface area contributed by atoms with E-state index < -0.39 is 23.6 Å². The molecule has 5 rings (SSSR count). The lowest BCUT2D eigenvalue weighted by atomic mass is 9.89. The summed E-state index contributed by atoms with van der Waals surface area (Å²) in [5.74, 6) is -0.813. The van der Waals surface area contributed by atoms with Crippen LogP contribution in [0.3, 0.4) is 0 Å². The highest BCUT2D eigenvalue weighted by atomic mass is 32.1. The molecule has 1 aliphatic heterocycles. The number of carbonyl (C=O) groups is 2. The molecule has 0 saturated carbocycles. The minimum absolute atomic E-state index is 0.206. The fourth-order valence-corrected chi connectivity index (χ4v) is 5.45. The zero-order chi connectivity index (χ0) is 27.9. The second-order valence-corrected chi connectivity index (χ2v) is 11.3. The lowest BCUT2D eigenvalue weighted by Crippen LogP contribution is -2.29. The molecule has 4 aromatic rings. The number of carboxylic acids is 1. The average Bonchev–Trinajstić information content (AvgIpc) is 3.35. The van der Waals surface area contributed by atoms with Crippen molar-refractivity contribution in [3.63, 3.8) is 0 Å². The largest absolute Gasteiger partial charge is 0.490 e. The molecule has 0 bridgehead atoms. The van der Waals surface area contributed by atoms with Crippen molar-refractivity contribution >= 4 is 44.8 Å². The number of carboxylic acid groups (broad SMARTS) is 1. The molecule has 9 nitrogen and oxygen atoms in total. The van der Waals surface area contributed by atoms with Gasteiger partial charge < -0.3 is 25.2 Å². The highest BCUT2D eigenvalue weighted by Gasteiger charge is 2.33. The first-order valence-corrected chi connectivity index (χ1v) is 13.5. The van der Waals surface area contributed by atoms with Gasteiger partial charge in [0, 0.05) is 23.5 Å². The number of nitrogens with zero attached hydrogens (tertiary/aromatic N) is 2. The van der Waals surface area contributed by atoms with Crippen molar-refractivity contribution < 1.29 is 24.2 Å². The maximum Gasteiger partial charge on any atom is 0.337 e. The summed E-state index contributed by atoms with van der Waals surface area (Å²) in [5.41, 5.74) is 6.19. The number of pyridine rings is 1. The van der Waals surface area contributed by atoms with Gasteiger partial charge in [0.25, 0.3) is 5.91 Å². The fourth-order valence-electron chi connectivity index (χ4n) is 4.73. The quantitative estimate of drug-likeness (QED) is 0.270. The molecule has 1 atom stereocenters. The number of rotatable bonds is 6. The molecule has 202 valence electrons. The van der Waals surface area contributed by atoms with Crippen molar-refractivity contribution in [1.29, 1.82) is 0 Å². The van der Waals surface area contributed by atoms with Gasteiger partial charge in [-0.15, -0.1) is 11.3 Å². The number of anilines is 2. The van der Waals surface area contributed by atoms with Gasteiger partial charge in [0.15, 0.2) is 6.10 Å². The van der Waals surface area contributed by atoms with Crippen molar-refractivity contribution in [3.8, 4) is 16.9 Å². The van der Waals surface area contributed by atoms with Crippen LogP contribution < -0.4 is 15.4 Å². The van der Waals surface area contributed by atoms with E-state index in [1.165, 1.54) is 11.3 Å². The summed E-state index contributed by atoms with van der Waals surface area (Å²) >= 11 is 1.49. The third kappa shape index (κ3) is 5.43. The van der Waals surface area contributed by atoms with E-state index in [-0.39, 0.29) is 5.69 Å². The zero-order valence-electron chi connectivity index (χ0n) is 22.4. The maximum atomic E-state index is 13.6. The van der Waals surface area contributed by atoms with Crippen molar-refractivity contribution in [1.82, 2.24) is 9.97 Å². The molecule has 0 aliphatic carbocycles. The third-order valence-electron chi connectivity index (χ3n) is 6.37. The van der Waals surface area contributed by atoms with Crippen LogP contribution in [0.25, 0.3) is 21.3 Å². The number of hydrogen-bond acceptors (Lipinski definition) is 8. The summed E-state index contributed by atoms with van der Waals surface area (Å²) in [7, 11) is 0. The van der Waals surface area contributed by atoms with E-state index in [0.717, 1.165) is 21.5 Å². The molecule has 0 unspecified atom stereocenters. The van der Waals surface area contributed by atoms with Crippen LogP contribution in [0.15, 0.2) is 41.9 Å². The first-order chi connectivity index (χ1) is 18.5. The van der Waals surface area contributed by atoms with Crippen LogP contribution >= 0.6 is 11.3 Å². The van der Waals surface area contributed by atoms with Crippen LogP contribution in [0.4, 0.5) is 11.4 Å². The Morgan fingerprint density at radius 2 is 1.97 bits per heavy atom. The van der Waals surface area contributed by atoms with Crippen molar-refractivity contribution in [2.24, 2.45) is 0 Å². The molecule has 1 amide bonds. The summed E-state index contributed by atoms with van der Waals surface area (Å²) < 4.78 is 12.7. The molecule has 1 aliphatic rings. The molecule has 3 heterocycles. The number of hydrogen-bond donors (Lipinski definition) is 3. The molecule has 39 heavy (non-hydrogen) atoms. The summed E-state index contributed by atoms with van der Waals surface area (Å²) in [5, 5.41) is 16.5. The van der Waals surface area contributed by atoms with Crippen molar-refractivity contribution in [2.45, 2.75) is 46.3 Å². The van der Waals surface area contributed by atoms with Gasteiger partial charge in [-0.3, -0.25) is 4.79 Å². The lowest BCUT2D eigenvalue weighted by molar-refractivity contribution is -0.160. The molecule has 0 spiro atoms. The number of aromatic nitrogens is 2. The first-order valence-electron chi connectivity index (χ1n) is 12.6. The first kappa shape index (κ1) is 26.6. The van der Waals surface area contributed by atoms with Crippen LogP contribution in [-0.2, 0) is 9.53 Å².